The van der Waals surface area contributed by atoms with E-state index in [1.807, 2.05) is 41.8 Å². The minimum Gasteiger partial charge on any atom is -0.347 e. The highest BCUT2D eigenvalue weighted by Gasteiger charge is 2.18. The number of aryl methyl sites for hydroxylation is 3. The molecule has 2 heterocycles. The SMILES string of the molecule is Cc1ccc(C)c(-n2c(C)nnc2SCC(=O)NC(Cn2cncn2)c2ccccc2)c1. The molecule has 0 saturated carbocycles. The third kappa shape index (κ3) is 5.05. The Labute approximate surface area is 191 Å². The zero-order chi connectivity index (χ0) is 22.5. The fourth-order valence-corrected chi connectivity index (χ4v) is 4.28. The second-order valence-electron chi connectivity index (χ2n) is 7.59. The molecule has 4 aromatic rings. The molecule has 8 nitrogen and oxygen atoms in total. The summed E-state index contributed by atoms with van der Waals surface area (Å²) in [5.41, 5.74) is 4.33. The van der Waals surface area contributed by atoms with Crippen molar-refractivity contribution in [2.75, 3.05) is 5.75 Å². The molecule has 1 N–H and O–H groups in total. The molecule has 0 spiro atoms. The van der Waals surface area contributed by atoms with Gasteiger partial charge in [-0.15, -0.1) is 10.2 Å². The summed E-state index contributed by atoms with van der Waals surface area (Å²) in [4.78, 5) is 16.9. The van der Waals surface area contributed by atoms with Crippen molar-refractivity contribution in [3.63, 3.8) is 0 Å². The molecule has 0 aliphatic heterocycles. The van der Waals surface area contributed by atoms with Gasteiger partial charge in [-0.2, -0.15) is 5.10 Å². The van der Waals surface area contributed by atoms with Gasteiger partial charge >= 0.3 is 0 Å². The number of hydrogen-bond acceptors (Lipinski definition) is 6. The van der Waals surface area contributed by atoms with Crippen LogP contribution in [0, 0.1) is 20.8 Å². The molecule has 0 bridgehead atoms. The summed E-state index contributed by atoms with van der Waals surface area (Å²) < 4.78 is 3.72. The topological polar surface area (TPSA) is 90.5 Å². The number of amides is 1. The lowest BCUT2D eigenvalue weighted by Crippen LogP contribution is -2.32. The highest BCUT2D eigenvalue weighted by Crippen LogP contribution is 2.25. The first-order chi connectivity index (χ1) is 15.5. The van der Waals surface area contributed by atoms with Gasteiger partial charge in [-0.05, 0) is 43.5 Å². The lowest BCUT2D eigenvalue weighted by atomic mass is 10.1. The van der Waals surface area contributed by atoms with Crippen LogP contribution in [0.5, 0.6) is 0 Å². The molecule has 2 aromatic carbocycles. The number of benzene rings is 2. The van der Waals surface area contributed by atoms with Gasteiger partial charge in [-0.3, -0.25) is 14.0 Å². The van der Waals surface area contributed by atoms with Crippen LogP contribution in [0.1, 0.15) is 28.6 Å². The van der Waals surface area contributed by atoms with Gasteiger partial charge in [0.1, 0.15) is 18.5 Å². The van der Waals surface area contributed by atoms with E-state index < -0.39 is 0 Å². The predicted molar refractivity (Wildman–Crippen MR) is 124 cm³/mol. The van der Waals surface area contributed by atoms with Crippen LogP contribution in [0.3, 0.4) is 0 Å². The molecule has 0 aliphatic rings. The van der Waals surface area contributed by atoms with Crippen LogP contribution in [0.15, 0.2) is 66.3 Å². The largest absolute Gasteiger partial charge is 0.347 e. The second-order valence-corrected chi connectivity index (χ2v) is 8.53. The Balaban J connectivity index is 1.48. The zero-order valence-corrected chi connectivity index (χ0v) is 19.1. The molecule has 164 valence electrons. The fraction of sp³-hybridized carbons (Fsp3) is 0.261. The van der Waals surface area contributed by atoms with Crippen molar-refractivity contribution in [2.45, 2.75) is 38.5 Å². The molecule has 9 heteroatoms. The lowest BCUT2D eigenvalue weighted by Gasteiger charge is -2.19. The molecule has 1 atom stereocenters. The molecular formula is C23H25N7OS. The van der Waals surface area contributed by atoms with Crippen molar-refractivity contribution in [1.82, 2.24) is 34.8 Å². The Hall–Kier alpha value is -3.46. The van der Waals surface area contributed by atoms with E-state index in [1.165, 1.54) is 18.1 Å². The number of carbonyl (C=O) groups is 1. The Morgan fingerprint density at radius 3 is 2.66 bits per heavy atom. The lowest BCUT2D eigenvalue weighted by molar-refractivity contribution is -0.119. The van der Waals surface area contributed by atoms with Crippen LogP contribution in [-0.2, 0) is 11.3 Å². The maximum atomic E-state index is 12.9. The minimum absolute atomic E-state index is 0.0860. The maximum absolute atomic E-state index is 12.9. The van der Waals surface area contributed by atoms with Gasteiger partial charge < -0.3 is 5.32 Å². The number of nitrogens with zero attached hydrogens (tertiary/aromatic N) is 6. The second kappa shape index (κ2) is 9.78. The third-order valence-electron chi connectivity index (χ3n) is 5.11. The third-order valence-corrected chi connectivity index (χ3v) is 6.04. The first-order valence-corrected chi connectivity index (χ1v) is 11.3. The van der Waals surface area contributed by atoms with Crippen molar-refractivity contribution >= 4 is 17.7 Å². The molecule has 0 fully saturated rings. The molecule has 0 saturated heterocycles. The van der Waals surface area contributed by atoms with Crippen LogP contribution in [-0.4, -0.2) is 41.2 Å². The van der Waals surface area contributed by atoms with E-state index in [0.29, 0.717) is 11.7 Å². The molecule has 32 heavy (non-hydrogen) atoms. The summed E-state index contributed by atoms with van der Waals surface area (Å²) >= 11 is 1.37. The molecule has 4 rings (SSSR count). The van der Waals surface area contributed by atoms with Crippen molar-refractivity contribution in [3.05, 3.63) is 83.7 Å². The quantitative estimate of drug-likeness (QED) is 0.416. The molecule has 0 aliphatic carbocycles. The van der Waals surface area contributed by atoms with Crippen LogP contribution >= 0.6 is 11.8 Å². The fourth-order valence-electron chi connectivity index (χ4n) is 3.47. The standard InChI is InChI=1S/C23H25N7OS/c1-16-9-10-17(2)21(11-16)30-18(3)27-28-23(30)32-13-22(31)26-20(12-29-15-24-14-25-29)19-7-5-4-6-8-19/h4-11,14-15,20H,12-13H2,1-3H3,(H,26,31). The van der Waals surface area contributed by atoms with E-state index in [1.54, 1.807) is 11.0 Å². The number of nitrogens with one attached hydrogen (secondary N) is 1. The van der Waals surface area contributed by atoms with Gasteiger partial charge in [0, 0.05) is 0 Å². The Morgan fingerprint density at radius 2 is 1.91 bits per heavy atom. The maximum Gasteiger partial charge on any atom is 0.231 e. The van der Waals surface area contributed by atoms with Gasteiger partial charge in [0.15, 0.2) is 5.16 Å². The van der Waals surface area contributed by atoms with Crippen LogP contribution in [0.2, 0.25) is 0 Å². The van der Waals surface area contributed by atoms with Crippen molar-refractivity contribution in [2.24, 2.45) is 0 Å². The van der Waals surface area contributed by atoms with E-state index in [0.717, 1.165) is 28.2 Å². The highest BCUT2D eigenvalue weighted by molar-refractivity contribution is 7.99. The summed E-state index contributed by atoms with van der Waals surface area (Å²) in [6, 6.07) is 15.9. The van der Waals surface area contributed by atoms with E-state index >= 15 is 0 Å². The number of thioether (sulfide) groups is 1. The summed E-state index contributed by atoms with van der Waals surface area (Å²) in [6.07, 6.45) is 3.13. The van der Waals surface area contributed by atoms with Crippen LogP contribution in [0.25, 0.3) is 5.69 Å². The normalized spacial score (nSPS) is 12.0. The number of carbonyl (C=O) groups excluding carboxylic acids is 1. The molecule has 0 radical (unpaired) electrons. The predicted octanol–water partition coefficient (Wildman–Crippen LogP) is 3.43. The smallest absolute Gasteiger partial charge is 0.231 e. The summed E-state index contributed by atoms with van der Waals surface area (Å²) in [5, 5.41) is 16.5. The van der Waals surface area contributed by atoms with E-state index in [4.69, 9.17) is 0 Å². The molecule has 1 amide bonds. The molecule has 2 aromatic heterocycles. The zero-order valence-electron chi connectivity index (χ0n) is 18.3. The van der Waals surface area contributed by atoms with E-state index in [9.17, 15) is 4.79 Å². The van der Waals surface area contributed by atoms with Gasteiger partial charge in [0.25, 0.3) is 0 Å². The van der Waals surface area contributed by atoms with E-state index in [-0.39, 0.29) is 17.7 Å². The van der Waals surface area contributed by atoms with Gasteiger partial charge in [-0.25, -0.2) is 4.98 Å². The molecular weight excluding hydrogens is 422 g/mol. The van der Waals surface area contributed by atoms with Crippen molar-refractivity contribution < 1.29 is 4.79 Å². The molecule has 1 unspecified atom stereocenters. The van der Waals surface area contributed by atoms with Gasteiger partial charge in [-0.1, -0.05) is 54.2 Å². The highest BCUT2D eigenvalue weighted by atomic mass is 32.2. The first kappa shape index (κ1) is 21.8. The average Bonchev–Trinajstić information content (AvgIpc) is 3.44. The summed E-state index contributed by atoms with van der Waals surface area (Å²) in [7, 11) is 0. The summed E-state index contributed by atoms with van der Waals surface area (Å²) in [6.45, 7) is 6.53. The number of aromatic nitrogens is 6. The Kier molecular flexibility index (Phi) is 6.65. The van der Waals surface area contributed by atoms with E-state index in [2.05, 4.69) is 57.6 Å². The van der Waals surface area contributed by atoms with Crippen LogP contribution in [0.4, 0.5) is 0 Å². The minimum atomic E-state index is -0.218. The van der Waals surface area contributed by atoms with Crippen molar-refractivity contribution in [1.29, 1.82) is 0 Å². The summed E-state index contributed by atoms with van der Waals surface area (Å²) in [5.74, 6) is 0.927. The number of rotatable bonds is 8. The average molecular weight is 448 g/mol. The van der Waals surface area contributed by atoms with Gasteiger partial charge in [0.05, 0.1) is 24.0 Å². The van der Waals surface area contributed by atoms with Crippen molar-refractivity contribution in [3.8, 4) is 5.69 Å². The Morgan fingerprint density at radius 1 is 1.09 bits per heavy atom. The number of hydrogen-bond donors (Lipinski definition) is 1. The van der Waals surface area contributed by atoms with Gasteiger partial charge in [0.2, 0.25) is 5.91 Å². The Bertz CT molecular complexity index is 1190. The first-order valence-electron chi connectivity index (χ1n) is 10.3. The monoisotopic (exact) mass is 447 g/mol. The van der Waals surface area contributed by atoms with Crippen LogP contribution < -0.4 is 5.32 Å².